The first-order valence-corrected chi connectivity index (χ1v) is 7.57. The SMILES string of the molecule is C[C@@H](N[S+]([O-])C(C)(C)C)c1cccc(C(F)(F)C(N)=O)c1. The fourth-order valence-electron chi connectivity index (χ4n) is 1.55. The minimum atomic E-state index is -3.72. The van der Waals surface area contributed by atoms with E-state index in [-0.39, 0.29) is 0 Å². The number of rotatable bonds is 5. The van der Waals surface area contributed by atoms with Gasteiger partial charge in [0.1, 0.15) is 4.75 Å². The largest absolute Gasteiger partial charge is 0.598 e. The molecule has 7 heteroatoms. The molecule has 0 aliphatic carbocycles. The Kier molecular flexibility index (Phi) is 5.35. The summed E-state index contributed by atoms with van der Waals surface area (Å²) in [4.78, 5) is 10.8. The third-order valence-corrected chi connectivity index (χ3v) is 4.58. The molecule has 0 fully saturated rings. The van der Waals surface area contributed by atoms with Crippen LogP contribution in [-0.2, 0) is 22.1 Å². The van der Waals surface area contributed by atoms with Crippen molar-refractivity contribution in [3.63, 3.8) is 0 Å². The molecule has 0 bridgehead atoms. The third kappa shape index (κ3) is 4.39. The molecule has 0 saturated carbocycles. The lowest BCUT2D eigenvalue weighted by atomic mass is 10.0. The number of alkyl halides is 2. The number of nitrogens with two attached hydrogens (primary N) is 1. The fraction of sp³-hybridized carbons (Fsp3) is 0.500. The number of halogens is 2. The van der Waals surface area contributed by atoms with Crippen LogP contribution in [0.3, 0.4) is 0 Å². The van der Waals surface area contributed by atoms with Crippen LogP contribution in [0.15, 0.2) is 24.3 Å². The van der Waals surface area contributed by atoms with Gasteiger partial charge in [0.2, 0.25) is 0 Å². The van der Waals surface area contributed by atoms with E-state index in [4.69, 9.17) is 5.73 Å². The average molecular weight is 318 g/mol. The van der Waals surface area contributed by atoms with Crippen LogP contribution < -0.4 is 10.5 Å². The quantitative estimate of drug-likeness (QED) is 0.818. The molecule has 3 N–H and O–H groups in total. The van der Waals surface area contributed by atoms with Crippen molar-refractivity contribution in [1.29, 1.82) is 0 Å². The molecule has 118 valence electrons. The molecule has 0 aromatic heterocycles. The summed E-state index contributed by atoms with van der Waals surface area (Å²) in [5.74, 6) is -5.42. The Labute approximate surface area is 126 Å². The van der Waals surface area contributed by atoms with Gasteiger partial charge in [0.25, 0.3) is 5.91 Å². The lowest BCUT2D eigenvalue weighted by molar-refractivity contribution is -0.143. The van der Waals surface area contributed by atoms with Crippen molar-refractivity contribution in [2.75, 3.05) is 0 Å². The van der Waals surface area contributed by atoms with Crippen molar-refractivity contribution in [3.8, 4) is 0 Å². The van der Waals surface area contributed by atoms with Crippen LogP contribution >= 0.6 is 0 Å². The van der Waals surface area contributed by atoms with Crippen LogP contribution in [0.1, 0.15) is 44.9 Å². The molecule has 2 atom stereocenters. The van der Waals surface area contributed by atoms with E-state index in [0.717, 1.165) is 6.07 Å². The van der Waals surface area contributed by atoms with E-state index in [1.54, 1.807) is 33.8 Å². The molecule has 0 saturated heterocycles. The van der Waals surface area contributed by atoms with E-state index in [9.17, 15) is 18.1 Å². The molecule has 21 heavy (non-hydrogen) atoms. The van der Waals surface area contributed by atoms with E-state index in [2.05, 4.69) is 4.72 Å². The number of hydrogen-bond acceptors (Lipinski definition) is 3. The average Bonchev–Trinajstić information content (AvgIpc) is 2.37. The second kappa shape index (κ2) is 6.29. The van der Waals surface area contributed by atoms with Crippen molar-refractivity contribution in [2.45, 2.75) is 44.4 Å². The number of carbonyl (C=O) groups is 1. The smallest absolute Gasteiger partial charge is 0.349 e. The molecule has 1 unspecified atom stereocenters. The molecule has 0 aliphatic rings. The topological polar surface area (TPSA) is 78.2 Å². The van der Waals surface area contributed by atoms with Crippen LogP contribution in [0, 0.1) is 0 Å². The number of carbonyl (C=O) groups excluding carboxylic acids is 1. The second-order valence-corrected chi connectivity index (χ2v) is 7.78. The Balaban J connectivity index is 2.98. The number of nitrogens with one attached hydrogen (secondary N) is 1. The Morgan fingerprint density at radius 1 is 1.38 bits per heavy atom. The number of amides is 1. The third-order valence-electron chi connectivity index (χ3n) is 2.90. The van der Waals surface area contributed by atoms with Crippen molar-refractivity contribution >= 4 is 17.3 Å². The molecular formula is C14H20F2N2O2S. The molecule has 1 rings (SSSR count). The second-order valence-electron chi connectivity index (χ2n) is 5.78. The normalized spacial score (nSPS) is 15.6. The van der Waals surface area contributed by atoms with Crippen LogP contribution in [0.4, 0.5) is 8.78 Å². The highest BCUT2D eigenvalue weighted by Crippen LogP contribution is 2.29. The van der Waals surface area contributed by atoms with Crippen molar-refractivity contribution in [1.82, 2.24) is 4.72 Å². The first kappa shape index (κ1) is 17.9. The summed E-state index contributed by atoms with van der Waals surface area (Å²) in [7, 11) is 0. The summed E-state index contributed by atoms with van der Waals surface area (Å²) in [5, 5.41) is 0. The monoisotopic (exact) mass is 318 g/mol. The van der Waals surface area contributed by atoms with Gasteiger partial charge in [-0.15, -0.1) is 4.72 Å². The summed E-state index contributed by atoms with van der Waals surface area (Å²) in [6.45, 7) is 7.13. The molecule has 4 nitrogen and oxygen atoms in total. The zero-order valence-corrected chi connectivity index (χ0v) is 13.3. The van der Waals surface area contributed by atoms with E-state index >= 15 is 0 Å². The fourth-order valence-corrected chi connectivity index (χ4v) is 2.36. The molecule has 0 aliphatic heterocycles. The van der Waals surface area contributed by atoms with E-state index < -0.39 is 39.5 Å². The standard InChI is InChI=1S/C14H20F2N2O2S/c1-9(18-21(20)13(2,3)4)10-6-5-7-11(8-10)14(15,16)12(17)19/h5-9,18H,1-4H3,(H2,17,19)/t9-,21?/m1/s1. The highest BCUT2D eigenvalue weighted by molar-refractivity contribution is 7.90. The minimum Gasteiger partial charge on any atom is -0.598 e. The van der Waals surface area contributed by atoms with Crippen LogP contribution in [-0.4, -0.2) is 15.2 Å². The predicted octanol–water partition coefficient (Wildman–Crippen LogP) is 2.38. The lowest BCUT2D eigenvalue weighted by Crippen LogP contribution is -2.40. The summed E-state index contributed by atoms with van der Waals surface area (Å²) < 4.78 is 41.6. The highest BCUT2D eigenvalue weighted by Gasteiger charge is 2.39. The lowest BCUT2D eigenvalue weighted by Gasteiger charge is -2.27. The molecule has 0 radical (unpaired) electrons. The van der Waals surface area contributed by atoms with Gasteiger partial charge in [-0.25, -0.2) is 0 Å². The summed E-state index contributed by atoms with van der Waals surface area (Å²) >= 11 is -1.33. The molecule has 1 amide bonds. The summed E-state index contributed by atoms with van der Waals surface area (Å²) in [5.41, 5.74) is 4.75. The zero-order chi connectivity index (χ0) is 16.4. The number of primary amides is 1. The molecule has 0 heterocycles. The highest BCUT2D eigenvalue weighted by atomic mass is 32.2. The Morgan fingerprint density at radius 3 is 2.43 bits per heavy atom. The first-order chi connectivity index (χ1) is 9.46. The van der Waals surface area contributed by atoms with E-state index in [0.29, 0.717) is 5.56 Å². The van der Waals surface area contributed by atoms with Gasteiger partial charge in [0.15, 0.2) is 0 Å². The Hall–Kier alpha value is -1.18. The van der Waals surface area contributed by atoms with E-state index in [1.165, 1.54) is 12.1 Å². The van der Waals surface area contributed by atoms with Crippen molar-refractivity contribution < 1.29 is 18.1 Å². The van der Waals surface area contributed by atoms with Gasteiger partial charge < -0.3 is 10.3 Å². The van der Waals surface area contributed by atoms with Gasteiger partial charge >= 0.3 is 5.92 Å². The van der Waals surface area contributed by atoms with E-state index in [1.807, 2.05) is 0 Å². The number of hydrogen-bond donors (Lipinski definition) is 2. The van der Waals surface area contributed by atoms with Crippen molar-refractivity contribution in [3.05, 3.63) is 35.4 Å². The predicted molar refractivity (Wildman–Crippen MR) is 79.0 cm³/mol. The number of benzene rings is 1. The molecule has 0 spiro atoms. The van der Waals surface area contributed by atoms with Gasteiger partial charge in [-0.2, -0.15) is 8.78 Å². The maximum absolute atomic E-state index is 13.6. The molecule has 1 aromatic carbocycles. The maximum Gasteiger partial charge on any atom is 0.349 e. The summed E-state index contributed by atoms with van der Waals surface area (Å²) in [6, 6.07) is 4.97. The van der Waals surface area contributed by atoms with Gasteiger partial charge in [-0.3, -0.25) is 4.79 Å². The van der Waals surface area contributed by atoms with Gasteiger partial charge in [-0.1, -0.05) is 18.2 Å². The van der Waals surface area contributed by atoms with Gasteiger partial charge in [0, 0.05) is 16.9 Å². The Morgan fingerprint density at radius 2 is 1.95 bits per heavy atom. The van der Waals surface area contributed by atoms with Crippen LogP contribution in [0.25, 0.3) is 0 Å². The van der Waals surface area contributed by atoms with Crippen LogP contribution in [0.5, 0.6) is 0 Å². The van der Waals surface area contributed by atoms with Crippen molar-refractivity contribution in [2.24, 2.45) is 5.73 Å². The first-order valence-electron chi connectivity index (χ1n) is 6.42. The van der Waals surface area contributed by atoms with Crippen LogP contribution in [0.2, 0.25) is 0 Å². The molecular weight excluding hydrogens is 298 g/mol. The van der Waals surface area contributed by atoms with Gasteiger partial charge in [-0.05, 0) is 39.3 Å². The zero-order valence-electron chi connectivity index (χ0n) is 12.4. The summed E-state index contributed by atoms with van der Waals surface area (Å²) in [6.07, 6.45) is 0. The minimum absolute atomic E-state index is 0.409. The Bertz CT molecular complexity index is 518. The maximum atomic E-state index is 13.6. The molecule has 1 aromatic rings. The van der Waals surface area contributed by atoms with Gasteiger partial charge in [0.05, 0.1) is 6.04 Å².